The molecule has 0 fully saturated rings. The molecule has 3 atom stereocenters. The van der Waals surface area contributed by atoms with E-state index in [-0.39, 0.29) is 35.5 Å². The molecule has 1 amide bonds. The van der Waals surface area contributed by atoms with E-state index >= 15 is 0 Å². The smallest absolute Gasteiger partial charge is 0.328 e. The van der Waals surface area contributed by atoms with Gasteiger partial charge >= 0.3 is 11.9 Å². The molecule has 1 aliphatic rings. The molecule has 0 aromatic heterocycles. The maximum atomic E-state index is 13.0. The fraction of sp³-hybridized carbons (Fsp3) is 0.400. The first-order valence-electron chi connectivity index (χ1n) is 10.8. The van der Waals surface area contributed by atoms with Crippen molar-refractivity contribution in [1.29, 1.82) is 0 Å². The van der Waals surface area contributed by atoms with Crippen molar-refractivity contribution in [3.8, 4) is 11.5 Å². The summed E-state index contributed by atoms with van der Waals surface area (Å²) in [6.45, 7) is 3.60. The average Bonchev–Trinajstić information content (AvgIpc) is 3.12. The van der Waals surface area contributed by atoms with Crippen molar-refractivity contribution >= 4 is 29.6 Å². The van der Waals surface area contributed by atoms with E-state index in [0.717, 1.165) is 0 Å². The molecule has 0 spiro atoms. The fourth-order valence-corrected chi connectivity index (χ4v) is 4.17. The van der Waals surface area contributed by atoms with Crippen LogP contribution in [0, 0.1) is 0 Å². The molecule has 0 heterocycles. The number of amides is 1. The number of esters is 2. The van der Waals surface area contributed by atoms with Gasteiger partial charge in [0.1, 0.15) is 12.1 Å². The first kappa shape index (κ1) is 24.6. The second-order valence-electron chi connectivity index (χ2n) is 7.92. The molecule has 0 bridgehead atoms. The van der Waals surface area contributed by atoms with E-state index < -0.39 is 23.9 Å². The van der Waals surface area contributed by atoms with Crippen LogP contribution in [0.4, 0.5) is 0 Å². The van der Waals surface area contributed by atoms with E-state index in [1.165, 1.54) is 36.1 Å². The second kappa shape index (κ2) is 11.2. The van der Waals surface area contributed by atoms with Crippen molar-refractivity contribution in [3.63, 3.8) is 0 Å². The summed E-state index contributed by atoms with van der Waals surface area (Å²) in [4.78, 5) is 37.8. The van der Waals surface area contributed by atoms with Crippen molar-refractivity contribution in [2.45, 2.75) is 44.8 Å². The molecule has 0 saturated carbocycles. The molecule has 7 nitrogen and oxygen atoms in total. The Kier molecular flexibility index (Phi) is 8.38. The topological polar surface area (TPSA) is 90.9 Å². The van der Waals surface area contributed by atoms with E-state index in [1.807, 2.05) is 37.4 Å². The van der Waals surface area contributed by atoms with Gasteiger partial charge in [0, 0.05) is 18.1 Å². The van der Waals surface area contributed by atoms with Crippen LogP contribution in [0.25, 0.3) is 0 Å². The normalized spacial score (nSPS) is 17.6. The number of nitrogens with one attached hydrogen (secondary N) is 1. The SMILES string of the molecule is COc1cccc(C(=O)N[C@@H](C)C(=O)OC2Cc3ccccc3C2C)c1OC(=O)CCSC. The minimum Gasteiger partial charge on any atom is -0.493 e. The molecule has 3 rings (SSSR count). The summed E-state index contributed by atoms with van der Waals surface area (Å²) in [5.74, 6) is -0.578. The first-order chi connectivity index (χ1) is 15.8. The number of carbonyl (C=O) groups is 3. The number of hydrogen-bond acceptors (Lipinski definition) is 7. The first-order valence-corrected chi connectivity index (χ1v) is 12.2. The highest BCUT2D eigenvalue weighted by molar-refractivity contribution is 7.98. The third kappa shape index (κ3) is 5.87. The molecular weight excluding hydrogens is 442 g/mol. The Bertz CT molecular complexity index is 1020. The van der Waals surface area contributed by atoms with Crippen LogP contribution in [0.3, 0.4) is 0 Å². The summed E-state index contributed by atoms with van der Waals surface area (Å²) < 4.78 is 16.4. The number of fused-ring (bicyclic) bond motifs is 1. The van der Waals surface area contributed by atoms with Crippen LogP contribution in [-0.4, -0.2) is 49.1 Å². The Balaban J connectivity index is 1.67. The summed E-state index contributed by atoms with van der Waals surface area (Å²) in [7, 11) is 1.43. The zero-order valence-corrected chi connectivity index (χ0v) is 20.1. The monoisotopic (exact) mass is 471 g/mol. The Morgan fingerprint density at radius 3 is 2.61 bits per heavy atom. The lowest BCUT2D eigenvalue weighted by Crippen LogP contribution is -2.41. The molecule has 2 aromatic carbocycles. The van der Waals surface area contributed by atoms with Crippen molar-refractivity contribution in [1.82, 2.24) is 5.32 Å². The standard InChI is InChI=1S/C25H29NO6S/c1-15-18-9-6-5-8-17(18)14-21(15)31-25(29)16(2)26-24(28)19-10-7-11-20(30-3)23(19)32-22(27)12-13-33-4/h5-11,15-16,21H,12-14H2,1-4H3,(H,26,28)/t15?,16-,21?/m0/s1. The summed E-state index contributed by atoms with van der Waals surface area (Å²) in [6, 6.07) is 11.9. The van der Waals surface area contributed by atoms with Gasteiger partial charge in [-0.3, -0.25) is 9.59 Å². The third-order valence-corrected chi connectivity index (χ3v) is 6.28. The molecule has 2 aromatic rings. The predicted octanol–water partition coefficient (Wildman–Crippen LogP) is 3.74. The lowest BCUT2D eigenvalue weighted by Gasteiger charge is -2.21. The van der Waals surface area contributed by atoms with Gasteiger partial charge in [-0.15, -0.1) is 0 Å². The number of methoxy groups -OCH3 is 1. The van der Waals surface area contributed by atoms with Crippen molar-refractivity contribution in [2.75, 3.05) is 19.1 Å². The van der Waals surface area contributed by atoms with Gasteiger partial charge in [-0.2, -0.15) is 11.8 Å². The summed E-state index contributed by atoms with van der Waals surface area (Å²) in [6.07, 6.45) is 2.46. The lowest BCUT2D eigenvalue weighted by molar-refractivity contribution is -0.151. The highest BCUT2D eigenvalue weighted by atomic mass is 32.2. The van der Waals surface area contributed by atoms with Crippen LogP contribution in [0.2, 0.25) is 0 Å². The van der Waals surface area contributed by atoms with Gasteiger partial charge < -0.3 is 19.5 Å². The van der Waals surface area contributed by atoms with E-state index in [1.54, 1.807) is 19.1 Å². The van der Waals surface area contributed by atoms with Crippen LogP contribution >= 0.6 is 11.8 Å². The third-order valence-electron chi connectivity index (χ3n) is 5.66. The maximum Gasteiger partial charge on any atom is 0.328 e. The molecule has 0 aliphatic heterocycles. The van der Waals surface area contributed by atoms with Gasteiger partial charge in [0.2, 0.25) is 0 Å². The second-order valence-corrected chi connectivity index (χ2v) is 8.90. The molecule has 0 saturated heterocycles. The number of carbonyl (C=O) groups excluding carboxylic acids is 3. The molecule has 2 unspecified atom stereocenters. The van der Waals surface area contributed by atoms with Gasteiger partial charge in [0.15, 0.2) is 11.5 Å². The largest absolute Gasteiger partial charge is 0.493 e. The van der Waals surface area contributed by atoms with Gasteiger partial charge in [0.05, 0.1) is 19.1 Å². The zero-order valence-electron chi connectivity index (χ0n) is 19.3. The summed E-state index contributed by atoms with van der Waals surface area (Å²) >= 11 is 1.52. The highest BCUT2D eigenvalue weighted by Gasteiger charge is 2.33. The summed E-state index contributed by atoms with van der Waals surface area (Å²) in [5, 5.41) is 2.65. The van der Waals surface area contributed by atoms with E-state index in [2.05, 4.69) is 5.32 Å². The minimum atomic E-state index is -0.889. The van der Waals surface area contributed by atoms with Crippen LogP contribution in [0.5, 0.6) is 11.5 Å². The quantitative estimate of drug-likeness (QED) is 0.440. The van der Waals surface area contributed by atoms with Crippen molar-refractivity contribution in [2.24, 2.45) is 0 Å². The van der Waals surface area contributed by atoms with Gasteiger partial charge in [0.25, 0.3) is 5.91 Å². The highest BCUT2D eigenvalue weighted by Crippen LogP contribution is 2.35. The Hall–Kier alpha value is -3.00. The minimum absolute atomic E-state index is 0.0315. The molecule has 1 aliphatic carbocycles. The fourth-order valence-electron chi connectivity index (χ4n) is 3.80. The van der Waals surface area contributed by atoms with Crippen LogP contribution in [0.1, 0.15) is 47.7 Å². The van der Waals surface area contributed by atoms with Crippen LogP contribution in [-0.2, 0) is 20.7 Å². The Labute approximate surface area is 198 Å². The molecule has 8 heteroatoms. The number of ether oxygens (including phenoxy) is 3. The van der Waals surface area contributed by atoms with E-state index in [0.29, 0.717) is 12.2 Å². The van der Waals surface area contributed by atoms with Gasteiger partial charge in [-0.05, 0) is 36.4 Å². The van der Waals surface area contributed by atoms with Crippen molar-refractivity contribution < 1.29 is 28.6 Å². The van der Waals surface area contributed by atoms with Gasteiger partial charge in [-0.25, -0.2) is 4.79 Å². The summed E-state index contributed by atoms with van der Waals surface area (Å²) in [5.41, 5.74) is 2.45. The molecule has 176 valence electrons. The van der Waals surface area contributed by atoms with Gasteiger partial charge in [-0.1, -0.05) is 37.3 Å². The van der Waals surface area contributed by atoms with E-state index in [4.69, 9.17) is 14.2 Å². The molecule has 0 radical (unpaired) electrons. The molecule has 33 heavy (non-hydrogen) atoms. The van der Waals surface area contributed by atoms with Crippen molar-refractivity contribution in [3.05, 3.63) is 59.2 Å². The zero-order chi connectivity index (χ0) is 24.0. The number of benzene rings is 2. The number of rotatable bonds is 9. The number of thioether (sulfide) groups is 1. The molecular formula is C25H29NO6S. The maximum absolute atomic E-state index is 13.0. The predicted molar refractivity (Wildman–Crippen MR) is 127 cm³/mol. The van der Waals surface area contributed by atoms with E-state index in [9.17, 15) is 14.4 Å². The number of hydrogen-bond donors (Lipinski definition) is 1. The lowest BCUT2D eigenvalue weighted by atomic mass is 10.0. The van der Waals surface area contributed by atoms with Crippen LogP contribution < -0.4 is 14.8 Å². The number of para-hydroxylation sites is 1. The Morgan fingerprint density at radius 2 is 1.91 bits per heavy atom. The van der Waals surface area contributed by atoms with Crippen LogP contribution in [0.15, 0.2) is 42.5 Å². The Morgan fingerprint density at radius 1 is 1.15 bits per heavy atom. The molecule has 1 N–H and O–H groups in total. The average molecular weight is 472 g/mol.